The molecule has 4 aromatic rings. The molecule has 0 fully saturated rings. The Labute approximate surface area is 269 Å². The Morgan fingerprint density at radius 2 is 1.78 bits per heavy atom. The van der Waals surface area contributed by atoms with Crippen LogP contribution in [0.1, 0.15) is 50.4 Å². The first-order valence-corrected chi connectivity index (χ1v) is 15.5. The van der Waals surface area contributed by atoms with E-state index < -0.39 is 12.0 Å². The first-order valence-electron chi connectivity index (χ1n) is 14.7. The zero-order valence-corrected chi connectivity index (χ0v) is 27.3. The van der Waals surface area contributed by atoms with E-state index in [1.54, 1.807) is 56.3 Å². The molecule has 0 spiro atoms. The Kier molecular flexibility index (Phi) is 9.91. The molecule has 0 saturated carbocycles. The lowest BCUT2D eigenvalue weighted by molar-refractivity contribution is -0.139. The molecule has 3 aromatic carbocycles. The molecule has 9 nitrogen and oxygen atoms in total. The van der Waals surface area contributed by atoms with Crippen LogP contribution in [-0.4, -0.2) is 37.5 Å². The molecule has 2 heterocycles. The summed E-state index contributed by atoms with van der Waals surface area (Å²) < 4.78 is 44.0. The number of aromatic nitrogens is 1. The number of ether oxygens (including phenoxy) is 5. The maximum absolute atomic E-state index is 14.2. The Morgan fingerprint density at radius 1 is 1.04 bits per heavy atom. The SMILES string of the molecule is CCOC(=O)C1=C(C)N=c2s/c(=C/c3cccc(OC)c3OCc3ccc(F)cc3)c(=O)n2[C@@H]1c1ccc(OC(C)C)c(OC)c1. The van der Waals surface area contributed by atoms with Crippen molar-refractivity contribution < 1.29 is 32.9 Å². The predicted octanol–water partition coefficient (Wildman–Crippen LogP) is 5.32. The number of carbonyl (C=O) groups is 1. The fourth-order valence-corrected chi connectivity index (χ4v) is 6.19. The summed E-state index contributed by atoms with van der Waals surface area (Å²) in [6.07, 6.45) is 1.63. The van der Waals surface area contributed by atoms with Gasteiger partial charge >= 0.3 is 5.97 Å². The molecular weight excluding hydrogens is 611 g/mol. The van der Waals surface area contributed by atoms with Crippen LogP contribution in [0.5, 0.6) is 23.0 Å². The Morgan fingerprint density at radius 3 is 2.46 bits per heavy atom. The number of nitrogens with zero attached hydrogens (tertiary/aromatic N) is 2. The summed E-state index contributed by atoms with van der Waals surface area (Å²) in [5.41, 5.74) is 2.34. The number of rotatable bonds is 11. The van der Waals surface area contributed by atoms with E-state index in [1.165, 1.54) is 42.3 Å². The van der Waals surface area contributed by atoms with Crippen molar-refractivity contribution in [3.05, 3.63) is 114 Å². The summed E-state index contributed by atoms with van der Waals surface area (Å²) in [4.78, 5) is 32.6. The van der Waals surface area contributed by atoms with Crippen LogP contribution in [0.3, 0.4) is 0 Å². The highest BCUT2D eigenvalue weighted by molar-refractivity contribution is 7.07. The maximum atomic E-state index is 14.2. The first-order chi connectivity index (χ1) is 22.1. The van der Waals surface area contributed by atoms with Crippen molar-refractivity contribution >= 4 is 23.4 Å². The highest BCUT2D eigenvalue weighted by Gasteiger charge is 2.34. The minimum Gasteiger partial charge on any atom is -0.493 e. The Balaban J connectivity index is 1.65. The summed E-state index contributed by atoms with van der Waals surface area (Å²) in [7, 11) is 3.07. The van der Waals surface area contributed by atoms with Crippen LogP contribution in [0.4, 0.5) is 4.39 Å². The highest BCUT2D eigenvalue weighted by atomic mass is 32.1. The van der Waals surface area contributed by atoms with Gasteiger partial charge in [0.05, 0.1) is 48.8 Å². The summed E-state index contributed by atoms with van der Waals surface area (Å²) in [5, 5.41) is 0. The van der Waals surface area contributed by atoms with Crippen LogP contribution in [0.25, 0.3) is 6.08 Å². The van der Waals surface area contributed by atoms with E-state index in [0.29, 0.717) is 49.2 Å². The zero-order chi connectivity index (χ0) is 33.0. The number of benzene rings is 3. The number of para-hydroxylation sites is 1. The molecule has 1 aliphatic heterocycles. The summed E-state index contributed by atoms with van der Waals surface area (Å²) in [6.45, 7) is 7.60. The third-order valence-electron chi connectivity index (χ3n) is 7.20. The van der Waals surface area contributed by atoms with Crippen molar-refractivity contribution in [1.82, 2.24) is 4.57 Å². The van der Waals surface area contributed by atoms with E-state index in [4.69, 9.17) is 23.7 Å². The van der Waals surface area contributed by atoms with Gasteiger partial charge in [-0.05, 0) is 75.2 Å². The molecule has 0 saturated heterocycles. The van der Waals surface area contributed by atoms with Crippen LogP contribution in [0.15, 0.2) is 81.7 Å². The quantitative estimate of drug-likeness (QED) is 0.204. The van der Waals surface area contributed by atoms with Gasteiger partial charge in [-0.2, -0.15) is 0 Å². The normalized spacial score (nSPS) is 14.5. The Bertz CT molecular complexity index is 1960. The number of hydrogen-bond donors (Lipinski definition) is 0. The lowest BCUT2D eigenvalue weighted by atomic mass is 9.95. The number of hydrogen-bond acceptors (Lipinski definition) is 9. The monoisotopic (exact) mass is 646 g/mol. The van der Waals surface area contributed by atoms with E-state index in [2.05, 4.69) is 4.99 Å². The van der Waals surface area contributed by atoms with Gasteiger partial charge in [0.25, 0.3) is 5.56 Å². The summed E-state index contributed by atoms with van der Waals surface area (Å²) in [6, 6.07) is 15.9. The molecule has 0 amide bonds. The van der Waals surface area contributed by atoms with Gasteiger partial charge < -0.3 is 23.7 Å². The number of methoxy groups -OCH3 is 2. The fourth-order valence-electron chi connectivity index (χ4n) is 5.15. The van der Waals surface area contributed by atoms with Gasteiger partial charge in [0.1, 0.15) is 12.4 Å². The van der Waals surface area contributed by atoms with Gasteiger partial charge in [-0.25, -0.2) is 14.2 Å². The summed E-state index contributed by atoms with van der Waals surface area (Å²) in [5.74, 6) is 0.996. The molecule has 0 radical (unpaired) electrons. The topological polar surface area (TPSA) is 97.6 Å². The van der Waals surface area contributed by atoms with E-state index in [-0.39, 0.29) is 36.3 Å². The maximum Gasteiger partial charge on any atom is 0.338 e. The van der Waals surface area contributed by atoms with Crippen molar-refractivity contribution in [1.29, 1.82) is 0 Å². The van der Waals surface area contributed by atoms with E-state index in [9.17, 15) is 14.0 Å². The molecule has 5 rings (SSSR count). The molecule has 0 unspecified atom stereocenters. The smallest absolute Gasteiger partial charge is 0.338 e. The van der Waals surface area contributed by atoms with Gasteiger partial charge in [0.15, 0.2) is 27.8 Å². The van der Waals surface area contributed by atoms with Gasteiger partial charge in [-0.15, -0.1) is 0 Å². The van der Waals surface area contributed by atoms with Crippen LogP contribution in [0.2, 0.25) is 0 Å². The van der Waals surface area contributed by atoms with E-state index in [0.717, 1.165) is 5.56 Å². The molecule has 240 valence electrons. The Hall–Kier alpha value is -4.90. The van der Waals surface area contributed by atoms with Gasteiger partial charge in [0, 0.05) is 5.56 Å². The average Bonchev–Trinajstić information content (AvgIpc) is 3.34. The second-order valence-electron chi connectivity index (χ2n) is 10.7. The van der Waals surface area contributed by atoms with Crippen molar-refractivity contribution in [2.24, 2.45) is 4.99 Å². The number of halogens is 1. The third-order valence-corrected chi connectivity index (χ3v) is 8.18. The lowest BCUT2D eigenvalue weighted by Gasteiger charge is -2.25. The van der Waals surface area contributed by atoms with Gasteiger partial charge in [0.2, 0.25) is 0 Å². The molecular formula is C35H35FN2O7S. The molecule has 1 aliphatic rings. The van der Waals surface area contributed by atoms with Crippen LogP contribution in [0, 0.1) is 5.82 Å². The minimum atomic E-state index is -0.834. The highest BCUT2D eigenvalue weighted by Crippen LogP contribution is 2.37. The van der Waals surface area contributed by atoms with Crippen LogP contribution in [-0.2, 0) is 16.1 Å². The third kappa shape index (κ3) is 6.69. The standard InChI is InChI=1S/C35H35FN2O7S/c1-7-43-34(40)30-21(4)37-35-38(31(30)23-13-16-26(45-20(2)3)28(17-23)42-6)33(39)29(46-35)18-24-9-8-10-27(41-5)32(24)44-19-22-11-14-25(36)15-12-22/h8-18,20,31H,7,19H2,1-6H3/b29-18+/t31-/m1/s1. The number of thiazole rings is 1. The van der Waals surface area contributed by atoms with Gasteiger partial charge in [-0.1, -0.05) is 41.7 Å². The molecule has 1 atom stereocenters. The van der Waals surface area contributed by atoms with Crippen molar-refractivity contribution in [3.8, 4) is 23.0 Å². The lowest BCUT2D eigenvalue weighted by Crippen LogP contribution is -2.40. The largest absolute Gasteiger partial charge is 0.493 e. The van der Waals surface area contributed by atoms with E-state index in [1.807, 2.05) is 26.0 Å². The number of esters is 1. The molecule has 0 N–H and O–H groups in total. The predicted molar refractivity (Wildman–Crippen MR) is 173 cm³/mol. The summed E-state index contributed by atoms with van der Waals surface area (Å²) >= 11 is 1.19. The molecule has 0 bridgehead atoms. The first kappa shape index (κ1) is 32.5. The number of allylic oxidation sites excluding steroid dienone is 1. The second kappa shape index (κ2) is 14.0. The van der Waals surface area contributed by atoms with Crippen LogP contribution < -0.4 is 33.8 Å². The number of fused-ring (bicyclic) bond motifs is 1. The molecule has 1 aromatic heterocycles. The van der Waals surface area contributed by atoms with Crippen molar-refractivity contribution in [2.75, 3.05) is 20.8 Å². The molecule has 0 aliphatic carbocycles. The zero-order valence-electron chi connectivity index (χ0n) is 26.5. The number of carbonyl (C=O) groups excluding carboxylic acids is 1. The van der Waals surface area contributed by atoms with Gasteiger partial charge in [-0.3, -0.25) is 9.36 Å². The van der Waals surface area contributed by atoms with Crippen molar-refractivity contribution in [3.63, 3.8) is 0 Å². The van der Waals surface area contributed by atoms with Crippen LogP contribution >= 0.6 is 11.3 Å². The average molecular weight is 647 g/mol. The molecule has 11 heteroatoms. The second-order valence-corrected chi connectivity index (χ2v) is 11.7. The van der Waals surface area contributed by atoms with E-state index >= 15 is 0 Å². The molecule has 46 heavy (non-hydrogen) atoms. The fraction of sp³-hybridized carbons (Fsp3) is 0.286. The minimum absolute atomic E-state index is 0.0872. The van der Waals surface area contributed by atoms with Crippen molar-refractivity contribution in [2.45, 2.75) is 46.4 Å².